The summed E-state index contributed by atoms with van der Waals surface area (Å²) in [4.78, 5) is 4.07. The molecule has 0 unspecified atom stereocenters. The highest BCUT2D eigenvalue weighted by molar-refractivity contribution is 5.71. The summed E-state index contributed by atoms with van der Waals surface area (Å²) in [5.74, 6) is 0. The summed E-state index contributed by atoms with van der Waals surface area (Å²) in [5.41, 5.74) is 0. The van der Waals surface area contributed by atoms with Crippen molar-refractivity contribution in [3.05, 3.63) is 24.8 Å². The molecule has 0 fully saturated rings. The molecule has 0 saturated heterocycles. The third-order valence-electron chi connectivity index (χ3n) is 0.791. The molecule has 0 heterocycles. The van der Waals surface area contributed by atoms with Crippen LogP contribution in [-0.2, 0) is 0 Å². The Morgan fingerprint density at radius 2 is 2.22 bits per heavy atom. The molecule has 0 aliphatic carbocycles. The molecule has 0 aromatic rings. The Morgan fingerprint density at radius 1 is 1.44 bits per heavy atom. The van der Waals surface area contributed by atoms with Crippen molar-refractivity contribution in [3.8, 4) is 0 Å². The van der Waals surface area contributed by atoms with Crippen LogP contribution in [0.2, 0.25) is 0 Å². The Labute approximate surface area is 56.8 Å². The molecule has 0 aliphatic rings. The number of hydrogen-bond donors (Lipinski definition) is 0. The fourth-order valence-corrected chi connectivity index (χ4v) is 0.393. The fourth-order valence-electron chi connectivity index (χ4n) is 0.393. The number of nitrogens with zero attached hydrogens (tertiary/aromatic N) is 1. The van der Waals surface area contributed by atoms with E-state index in [-0.39, 0.29) is 0 Å². The van der Waals surface area contributed by atoms with Crippen molar-refractivity contribution in [2.75, 3.05) is 6.54 Å². The summed E-state index contributed by atoms with van der Waals surface area (Å²) in [7, 11) is 0. The number of rotatable bonds is 4. The van der Waals surface area contributed by atoms with Gasteiger partial charge in [-0.3, -0.25) is 4.99 Å². The zero-order valence-electron chi connectivity index (χ0n) is 5.88. The molecular weight excluding hydrogens is 110 g/mol. The summed E-state index contributed by atoms with van der Waals surface area (Å²) >= 11 is 0. The standard InChI is InChI=1S/C8H13N/c1-3-5-6-8-9-7-4-2/h3,5-6,8H,1,4,7H2,2H3/b6-5-,9-8?. The third kappa shape index (κ3) is 7.15. The first-order chi connectivity index (χ1) is 4.41. The van der Waals surface area contributed by atoms with E-state index < -0.39 is 0 Å². The molecule has 1 nitrogen and oxygen atoms in total. The molecule has 0 atom stereocenters. The Hall–Kier alpha value is -0.850. The fraction of sp³-hybridized carbons (Fsp3) is 0.375. The van der Waals surface area contributed by atoms with Crippen LogP contribution in [0.4, 0.5) is 0 Å². The van der Waals surface area contributed by atoms with Gasteiger partial charge < -0.3 is 0 Å². The second-order valence-corrected chi connectivity index (χ2v) is 1.68. The Balaban J connectivity index is 3.23. The highest BCUT2D eigenvalue weighted by Crippen LogP contribution is 1.75. The minimum absolute atomic E-state index is 0.918. The predicted molar refractivity (Wildman–Crippen MR) is 43.0 cm³/mol. The molecule has 0 bridgehead atoms. The van der Waals surface area contributed by atoms with E-state index in [4.69, 9.17) is 0 Å². The molecule has 0 N–H and O–H groups in total. The van der Waals surface area contributed by atoms with Gasteiger partial charge in [-0.05, 0) is 12.5 Å². The third-order valence-corrected chi connectivity index (χ3v) is 0.791. The molecule has 0 saturated carbocycles. The smallest absolute Gasteiger partial charge is 0.0386 e. The zero-order valence-corrected chi connectivity index (χ0v) is 5.88. The average Bonchev–Trinajstić information content (AvgIpc) is 1.89. The van der Waals surface area contributed by atoms with E-state index in [1.807, 2.05) is 12.2 Å². The Kier molecular flexibility index (Phi) is 6.47. The van der Waals surface area contributed by atoms with Gasteiger partial charge >= 0.3 is 0 Å². The van der Waals surface area contributed by atoms with Crippen LogP contribution in [0.25, 0.3) is 0 Å². The highest BCUT2D eigenvalue weighted by Gasteiger charge is 1.67. The second kappa shape index (κ2) is 7.15. The van der Waals surface area contributed by atoms with Crippen molar-refractivity contribution in [3.63, 3.8) is 0 Å². The van der Waals surface area contributed by atoms with Gasteiger partial charge in [-0.2, -0.15) is 0 Å². The largest absolute Gasteiger partial charge is 0.293 e. The molecule has 0 aromatic heterocycles. The Morgan fingerprint density at radius 3 is 2.78 bits per heavy atom. The summed E-state index contributed by atoms with van der Waals surface area (Å²) in [6.45, 7) is 6.55. The lowest BCUT2D eigenvalue weighted by Crippen LogP contribution is -1.73. The topological polar surface area (TPSA) is 12.4 Å². The minimum atomic E-state index is 0.918. The molecule has 0 spiro atoms. The summed E-state index contributed by atoms with van der Waals surface area (Å²) in [5, 5.41) is 0. The quantitative estimate of drug-likeness (QED) is 0.401. The van der Waals surface area contributed by atoms with E-state index in [0.717, 1.165) is 13.0 Å². The van der Waals surface area contributed by atoms with Crippen LogP contribution in [0.5, 0.6) is 0 Å². The van der Waals surface area contributed by atoms with E-state index in [0.29, 0.717) is 0 Å². The van der Waals surface area contributed by atoms with Crippen LogP contribution in [0.1, 0.15) is 13.3 Å². The van der Waals surface area contributed by atoms with E-state index >= 15 is 0 Å². The van der Waals surface area contributed by atoms with E-state index in [1.54, 1.807) is 12.3 Å². The molecule has 0 aromatic carbocycles. The van der Waals surface area contributed by atoms with Gasteiger partial charge in [0.25, 0.3) is 0 Å². The maximum atomic E-state index is 4.07. The lowest BCUT2D eigenvalue weighted by molar-refractivity contribution is 0.937. The lowest BCUT2D eigenvalue weighted by atomic mass is 10.5. The predicted octanol–water partition coefficient (Wildman–Crippen LogP) is 2.21. The van der Waals surface area contributed by atoms with Crippen LogP contribution in [0.3, 0.4) is 0 Å². The number of allylic oxidation sites excluding steroid dienone is 3. The van der Waals surface area contributed by atoms with Gasteiger partial charge in [-0.15, -0.1) is 0 Å². The molecule has 0 aliphatic heterocycles. The van der Waals surface area contributed by atoms with Gasteiger partial charge in [0.15, 0.2) is 0 Å². The average molecular weight is 123 g/mol. The van der Waals surface area contributed by atoms with Crippen LogP contribution >= 0.6 is 0 Å². The summed E-state index contributed by atoms with van der Waals surface area (Å²) < 4.78 is 0. The van der Waals surface area contributed by atoms with E-state index in [9.17, 15) is 0 Å². The monoisotopic (exact) mass is 123 g/mol. The Bertz CT molecular complexity index is 112. The van der Waals surface area contributed by atoms with Gasteiger partial charge in [-0.1, -0.05) is 25.7 Å². The van der Waals surface area contributed by atoms with Gasteiger partial charge in [0.2, 0.25) is 0 Å². The molecule has 9 heavy (non-hydrogen) atoms. The van der Waals surface area contributed by atoms with Crippen molar-refractivity contribution in [1.29, 1.82) is 0 Å². The number of hydrogen-bond acceptors (Lipinski definition) is 1. The van der Waals surface area contributed by atoms with Crippen LogP contribution in [-0.4, -0.2) is 12.8 Å². The molecule has 0 amide bonds. The van der Waals surface area contributed by atoms with Crippen LogP contribution in [0, 0.1) is 0 Å². The first-order valence-corrected chi connectivity index (χ1v) is 3.19. The van der Waals surface area contributed by atoms with Crippen molar-refractivity contribution in [1.82, 2.24) is 0 Å². The number of aliphatic imine (C=N–C) groups is 1. The first-order valence-electron chi connectivity index (χ1n) is 3.19. The van der Waals surface area contributed by atoms with E-state index in [1.165, 1.54) is 0 Å². The minimum Gasteiger partial charge on any atom is -0.293 e. The van der Waals surface area contributed by atoms with Gasteiger partial charge in [-0.25, -0.2) is 0 Å². The van der Waals surface area contributed by atoms with Crippen LogP contribution in [0.15, 0.2) is 29.8 Å². The molecule has 0 radical (unpaired) electrons. The maximum Gasteiger partial charge on any atom is 0.0386 e. The highest BCUT2D eigenvalue weighted by atomic mass is 14.7. The normalized spacial score (nSPS) is 11.2. The lowest BCUT2D eigenvalue weighted by Gasteiger charge is -1.79. The molecule has 50 valence electrons. The van der Waals surface area contributed by atoms with E-state index in [2.05, 4.69) is 18.5 Å². The zero-order chi connectivity index (χ0) is 6.95. The molecule has 1 heteroatoms. The van der Waals surface area contributed by atoms with Crippen molar-refractivity contribution >= 4 is 6.21 Å². The maximum absolute atomic E-state index is 4.07. The van der Waals surface area contributed by atoms with Gasteiger partial charge in [0.1, 0.15) is 0 Å². The first kappa shape index (κ1) is 8.15. The molecular formula is C8H13N. The van der Waals surface area contributed by atoms with Crippen molar-refractivity contribution in [2.45, 2.75) is 13.3 Å². The van der Waals surface area contributed by atoms with Gasteiger partial charge in [0.05, 0.1) is 0 Å². The van der Waals surface area contributed by atoms with Crippen LogP contribution < -0.4 is 0 Å². The van der Waals surface area contributed by atoms with Gasteiger partial charge in [0, 0.05) is 12.8 Å². The summed E-state index contributed by atoms with van der Waals surface area (Å²) in [6, 6.07) is 0. The summed E-state index contributed by atoms with van der Waals surface area (Å²) in [6.07, 6.45) is 8.38. The second-order valence-electron chi connectivity index (χ2n) is 1.68. The SMILES string of the molecule is C=C/C=C\C=NCCC. The van der Waals surface area contributed by atoms with Crippen molar-refractivity contribution < 1.29 is 0 Å². The molecule has 0 rings (SSSR count). The van der Waals surface area contributed by atoms with Crippen molar-refractivity contribution in [2.24, 2.45) is 4.99 Å².